The quantitative estimate of drug-likeness (QED) is 0.310. The Kier molecular flexibility index (Phi) is 5.49. The molecule has 8 nitrogen and oxygen atoms in total. The van der Waals surface area contributed by atoms with Crippen LogP contribution >= 0.6 is 23.2 Å². The van der Waals surface area contributed by atoms with Crippen molar-refractivity contribution in [1.82, 2.24) is 29.2 Å². The van der Waals surface area contributed by atoms with E-state index < -0.39 is 21.6 Å². The Morgan fingerprint density at radius 1 is 1.03 bits per heavy atom. The molecule has 0 fully saturated rings. The molecule has 5 rings (SSSR count). The van der Waals surface area contributed by atoms with Crippen LogP contribution in [0.2, 0.25) is 10.0 Å². The Morgan fingerprint density at radius 3 is 2.40 bits per heavy atom. The second-order valence-corrected chi connectivity index (χ2v) is 10.5. The van der Waals surface area contributed by atoms with Gasteiger partial charge in [-0.15, -0.1) is 10.2 Å². The Balaban J connectivity index is 1.88. The Morgan fingerprint density at radius 2 is 1.74 bits per heavy atom. The molecule has 0 bridgehead atoms. The zero-order chi connectivity index (χ0) is 25.1. The number of pyridine rings is 1. The summed E-state index contributed by atoms with van der Waals surface area (Å²) >= 11 is 12.3. The zero-order valence-electron chi connectivity index (χ0n) is 17.6. The van der Waals surface area contributed by atoms with Crippen LogP contribution in [0.15, 0.2) is 53.8 Å². The minimum absolute atomic E-state index is 0.0531. The van der Waals surface area contributed by atoms with Crippen molar-refractivity contribution in [3.05, 3.63) is 64.4 Å². The number of fused-ring (bicyclic) bond motifs is 2. The molecule has 35 heavy (non-hydrogen) atoms. The van der Waals surface area contributed by atoms with Gasteiger partial charge < -0.3 is 0 Å². The summed E-state index contributed by atoms with van der Waals surface area (Å²) in [6.45, 7) is 1.43. The van der Waals surface area contributed by atoms with Crippen molar-refractivity contribution in [3.63, 3.8) is 0 Å². The monoisotopic (exact) mass is 540 g/mol. The van der Waals surface area contributed by atoms with Crippen LogP contribution in [0.25, 0.3) is 33.9 Å². The van der Waals surface area contributed by atoms with E-state index in [2.05, 4.69) is 20.3 Å². The number of nitrogens with zero attached hydrogens (tertiary/aromatic N) is 6. The molecule has 0 N–H and O–H groups in total. The van der Waals surface area contributed by atoms with Crippen molar-refractivity contribution in [2.24, 2.45) is 0 Å². The molecule has 0 saturated carbocycles. The molecule has 180 valence electrons. The second-order valence-electron chi connectivity index (χ2n) is 7.47. The largest absolute Gasteiger partial charge is 0.417 e. The summed E-state index contributed by atoms with van der Waals surface area (Å²) in [5.41, 5.74) is 0.0402. The summed E-state index contributed by atoms with van der Waals surface area (Å²) < 4.78 is 68.5. The molecule has 0 aliphatic rings. The molecule has 4 heterocycles. The van der Waals surface area contributed by atoms with Crippen molar-refractivity contribution in [1.29, 1.82) is 0 Å². The minimum Gasteiger partial charge on any atom is -0.282 e. The maximum atomic E-state index is 13.4. The van der Waals surface area contributed by atoms with Crippen LogP contribution in [-0.2, 0) is 16.0 Å². The number of alkyl halides is 3. The topological polar surface area (TPSA) is 94.5 Å². The average molecular weight is 541 g/mol. The molecule has 0 atom stereocenters. The first-order valence-electron chi connectivity index (χ1n) is 9.99. The van der Waals surface area contributed by atoms with Crippen LogP contribution in [0.4, 0.5) is 13.2 Å². The first-order chi connectivity index (χ1) is 16.5. The van der Waals surface area contributed by atoms with Crippen molar-refractivity contribution in [3.8, 4) is 22.6 Å². The molecule has 0 aliphatic carbocycles. The van der Waals surface area contributed by atoms with Crippen LogP contribution < -0.4 is 0 Å². The summed E-state index contributed by atoms with van der Waals surface area (Å²) in [6, 6.07) is 8.35. The van der Waals surface area contributed by atoms with Gasteiger partial charge in [0.15, 0.2) is 32.0 Å². The fraction of sp³-hybridized carbons (Fsp3) is 0.143. The van der Waals surface area contributed by atoms with Gasteiger partial charge in [-0.25, -0.2) is 17.9 Å². The predicted molar refractivity (Wildman–Crippen MR) is 123 cm³/mol. The van der Waals surface area contributed by atoms with Gasteiger partial charge in [0.2, 0.25) is 0 Å². The van der Waals surface area contributed by atoms with Crippen molar-refractivity contribution < 1.29 is 21.6 Å². The highest BCUT2D eigenvalue weighted by molar-refractivity contribution is 7.91. The molecule has 0 radical (unpaired) electrons. The van der Waals surface area contributed by atoms with E-state index in [4.69, 9.17) is 23.2 Å². The number of halogens is 5. The van der Waals surface area contributed by atoms with Crippen molar-refractivity contribution >= 4 is 44.3 Å². The summed E-state index contributed by atoms with van der Waals surface area (Å²) in [6.07, 6.45) is -2.42. The van der Waals surface area contributed by atoms with E-state index in [-0.39, 0.29) is 33.5 Å². The van der Waals surface area contributed by atoms with Crippen LogP contribution in [0.1, 0.15) is 12.5 Å². The number of rotatable bonds is 4. The van der Waals surface area contributed by atoms with Crippen LogP contribution in [0.3, 0.4) is 0 Å². The molecule has 14 heteroatoms. The summed E-state index contributed by atoms with van der Waals surface area (Å²) in [7, 11) is -3.97. The molecule has 4 aromatic heterocycles. The number of hydrogen-bond acceptors (Lipinski definition) is 6. The maximum absolute atomic E-state index is 13.4. The maximum Gasteiger partial charge on any atom is 0.417 e. The number of aromatic nitrogens is 6. The third-order valence-electron chi connectivity index (χ3n) is 5.27. The van der Waals surface area contributed by atoms with Crippen LogP contribution in [0.5, 0.6) is 0 Å². The molecule has 5 aromatic rings. The van der Waals surface area contributed by atoms with Gasteiger partial charge in [-0.05, 0) is 36.4 Å². The smallest absolute Gasteiger partial charge is 0.282 e. The molecule has 0 aliphatic heterocycles. The van der Waals surface area contributed by atoms with Crippen LogP contribution in [-0.4, -0.2) is 43.4 Å². The molecule has 1 aromatic carbocycles. The predicted octanol–water partition coefficient (Wildman–Crippen LogP) is 5.23. The van der Waals surface area contributed by atoms with Gasteiger partial charge in [-0.3, -0.25) is 4.40 Å². The van der Waals surface area contributed by atoms with Gasteiger partial charge in [0.1, 0.15) is 5.56 Å². The Labute approximate surface area is 205 Å². The highest BCUT2D eigenvalue weighted by atomic mass is 35.5. The fourth-order valence-corrected chi connectivity index (χ4v) is 5.12. The van der Waals surface area contributed by atoms with Crippen molar-refractivity contribution in [2.45, 2.75) is 18.1 Å². The molecule has 0 saturated heterocycles. The van der Waals surface area contributed by atoms with E-state index in [1.165, 1.54) is 23.7 Å². The average Bonchev–Trinajstić information content (AvgIpc) is 3.38. The van der Waals surface area contributed by atoms with Gasteiger partial charge in [0.05, 0.1) is 17.0 Å². The van der Waals surface area contributed by atoms with Gasteiger partial charge >= 0.3 is 6.18 Å². The normalized spacial score (nSPS) is 12.6. The number of sulfone groups is 1. The van der Waals surface area contributed by atoms with Gasteiger partial charge in [-0.1, -0.05) is 30.1 Å². The summed E-state index contributed by atoms with van der Waals surface area (Å²) in [5, 5.41) is 12.5. The third-order valence-corrected chi connectivity index (χ3v) is 7.34. The first kappa shape index (κ1) is 23.5. The van der Waals surface area contributed by atoms with E-state index in [1.807, 2.05) is 0 Å². The lowest BCUT2D eigenvalue weighted by Gasteiger charge is -2.08. The van der Waals surface area contributed by atoms with Gasteiger partial charge in [0, 0.05) is 28.0 Å². The second kappa shape index (κ2) is 8.18. The van der Waals surface area contributed by atoms with E-state index in [9.17, 15) is 21.6 Å². The van der Waals surface area contributed by atoms with E-state index in [1.54, 1.807) is 18.2 Å². The standard InChI is InChI=1S/C21H13Cl2F3N6O2S/c1-2-35(33,34)20-17(19-29-28-16-4-3-12(10-31(16)19)21(24,25)26)18-27-6-5-15(32(18)30-20)11-7-13(22)9-14(23)8-11/h3-10H,2H2,1H3. The summed E-state index contributed by atoms with van der Waals surface area (Å²) in [5.74, 6) is -0.464. The minimum atomic E-state index is -4.63. The number of benzene rings is 1. The lowest BCUT2D eigenvalue weighted by atomic mass is 10.1. The highest BCUT2D eigenvalue weighted by Gasteiger charge is 2.33. The van der Waals surface area contributed by atoms with E-state index in [0.717, 1.165) is 22.7 Å². The first-order valence-corrected chi connectivity index (χ1v) is 12.4. The SMILES string of the molecule is CCS(=O)(=O)c1nn2c(-c3cc(Cl)cc(Cl)c3)ccnc2c1-c1nnc2ccc(C(F)(F)F)cn12. The fourth-order valence-electron chi connectivity index (χ4n) is 3.63. The third kappa shape index (κ3) is 4.01. The molecular weight excluding hydrogens is 528 g/mol. The number of hydrogen-bond donors (Lipinski definition) is 0. The molecule has 0 spiro atoms. The Hall–Kier alpha value is -3.22. The van der Waals surface area contributed by atoms with Gasteiger partial charge in [-0.2, -0.15) is 18.3 Å². The van der Waals surface area contributed by atoms with E-state index in [0.29, 0.717) is 21.3 Å². The lowest BCUT2D eigenvalue weighted by Crippen LogP contribution is -2.08. The lowest BCUT2D eigenvalue weighted by molar-refractivity contribution is -0.137. The van der Waals surface area contributed by atoms with Crippen LogP contribution in [0, 0.1) is 0 Å². The highest BCUT2D eigenvalue weighted by Crippen LogP contribution is 2.35. The Bertz CT molecular complexity index is 1710. The van der Waals surface area contributed by atoms with Gasteiger partial charge in [0.25, 0.3) is 0 Å². The van der Waals surface area contributed by atoms with Crippen molar-refractivity contribution in [2.75, 3.05) is 5.75 Å². The molecule has 0 unspecified atom stereocenters. The molecule has 0 amide bonds. The molecular formula is C21H13Cl2F3N6O2S. The van der Waals surface area contributed by atoms with E-state index >= 15 is 0 Å². The summed E-state index contributed by atoms with van der Waals surface area (Å²) in [4.78, 5) is 4.28. The zero-order valence-corrected chi connectivity index (χ0v) is 20.0.